The number of nitro groups is 1. The van der Waals surface area contributed by atoms with Crippen LogP contribution in [0.1, 0.15) is 26.7 Å². The Bertz CT molecular complexity index is 777. The Balaban J connectivity index is 1.75. The van der Waals surface area contributed by atoms with Crippen molar-refractivity contribution < 1.29 is 14.5 Å². The summed E-state index contributed by atoms with van der Waals surface area (Å²) in [5.74, 6) is -0.663. The molecule has 24 heavy (non-hydrogen) atoms. The van der Waals surface area contributed by atoms with Gasteiger partial charge < -0.3 is 0 Å². The molecule has 0 spiro atoms. The van der Waals surface area contributed by atoms with E-state index in [1.54, 1.807) is 6.07 Å². The molecule has 1 aromatic rings. The van der Waals surface area contributed by atoms with Gasteiger partial charge in [-0.05, 0) is 44.6 Å². The van der Waals surface area contributed by atoms with Gasteiger partial charge in [-0.3, -0.25) is 19.7 Å². The summed E-state index contributed by atoms with van der Waals surface area (Å²) < 4.78 is 0. The summed E-state index contributed by atoms with van der Waals surface area (Å²) in [6, 6.07) is 5.77. The van der Waals surface area contributed by atoms with Crippen LogP contribution in [0, 0.1) is 33.8 Å². The number of non-ortho nitro benzene ring substituents is 1. The van der Waals surface area contributed by atoms with Crippen molar-refractivity contribution in [2.24, 2.45) is 23.7 Å². The van der Waals surface area contributed by atoms with Crippen molar-refractivity contribution in [1.82, 2.24) is 0 Å². The Morgan fingerprint density at radius 3 is 2.21 bits per heavy atom. The average molecular weight is 326 g/mol. The number of rotatable bonds is 2. The van der Waals surface area contributed by atoms with E-state index in [1.807, 2.05) is 0 Å². The molecule has 1 aliphatic heterocycles. The van der Waals surface area contributed by atoms with Crippen LogP contribution >= 0.6 is 0 Å². The van der Waals surface area contributed by atoms with E-state index >= 15 is 0 Å². The molecule has 0 N–H and O–H groups in total. The molecule has 0 unspecified atom stereocenters. The first-order valence-corrected chi connectivity index (χ1v) is 8.21. The maximum atomic E-state index is 12.9. The first-order chi connectivity index (χ1) is 11.4. The Labute approximate surface area is 139 Å². The van der Waals surface area contributed by atoms with E-state index in [0.29, 0.717) is 5.69 Å². The zero-order chi connectivity index (χ0) is 17.2. The molecule has 1 heterocycles. The molecule has 4 atom stereocenters. The van der Waals surface area contributed by atoms with Crippen molar-refractivity contribution >= 4 is 23.2 Å². The number of carbonyl (C=O) groups excluding carboxylic acids is 2. The Morgan fingerprint density at radius 2 is 1.71 bits per heavy atom. The summed E-state index contributed by atoms with van der Waals surface area (Å²) in [7, 11) is 0. The molecular formula is C18H18N2O4. The monoisotopic (exact) mass is 326 g/mol. The largest absolute Gasteiger partial charge is 0.274 e. The van der Waals surface area contributed by atoms with Crippen molar-refractivity contribution in [3.8, 4) is 0 Å². The summed E-state index contributed by atoms with van der Waals surface area (Å²) in [4.78, 5) is 37.5. The van der Waals surface area contributed by atoms with Gasteiger partial charge in [0.2, 0.25) is 11.8 Å². The van der Waals surface area contributed by atoms with Crippen molar-refractivity contribution in [2.75, 3.05) is 4.90 Å². The minimum Gasteiger partial charge on any atom is -0.274 e. The summed E-state index contributed by atoms with van der Waals surface area (Å²) >= 11 is 0. The van der Waals surface area contributed by atoms with Gasteiger partial charge in [0.1, 0.15) is 0 Å². The van der Waals surface area contributed by atoms with E-state index in [2.05, 4.69) is 13.8 Å². The van der Waals surface area contributed by atoms with Crippen LogP contribution in [0.15, 0.2) is 35.4 Å². The van der Waals surface area contributed by atoms with Gasteiger partial charge in [-0.25, -0.2) is 4.90 Å². The molecule has 0 radical (unpaired) electrons. The van der Waals surface area contributed by atoms with E-state index in [-0.39, 0.29) is 41.2 Å². The molecule has 6 heteroatoms. The third-order valence-corrected chi connectivity index (χ3v) is 5.73. The number of amides is 2. The van der Waals surface area contributed by atoms with Gasteiger partial charge in [-0.1, -0.05) is 17.2 Å². The van der Waals surface area contributed by atoms with Crippen LogP contribution in [0.4, 0.5) is 11.4 Å². The number of imide groups is 1. The van der Waals surface area contributed by atoms with Gasteiger partial charge in [0.05, 0.1) is 22.4 Å². The van der Waals surface area contributed by atoms with Crippen LogP contribution < -0.4 is 4.90 Å². The van der Waals surface area contributed by atoms with Crippen LogP contribution in [-0.4, -0.2) is 16.7 Å². The number of benzene rings is 1. The lowest BCUT2D eigenvalue weighted by atomic mass is 9.81. The summed E-state index contributed by atoms with van der Waals surface area (Å²) in [6.07, 6.45) is 1.91. The van der Waals surface area contributed by atoms with Gasteiger partial charge in [0, 0.05) is 12.1 Å². The highest BCUT2D eigenvalue weighted by molar-refractivity contribution is 6.23. The molecule has 2 bridgehead atoms. The summed E-state index contributed by atoms with van der Waals surface area (Å²) in [6.45, 7) is 4.10. The van der Waals surface area contributed by atoms with E-state index in [4.69, 9.17) is 0 Å². The lowest BCUT2D eigenvalue weighted by molar-refractivity contribution is -0.384. The molecule has 4 rings (SSSR count). The van der Waals surface area contributed by atoms with Crippen LogP contribution in [-0.2, 0) is 9.59 Å². The van der Waals surface area contributed by atoms with Crippen molar-refractivity contribution in [3.63, 3.8) is 0 Å². The lowest BCUT2D eigenvalue weighted by Crippen LogP contribution is -2.33. The molecule has 2 saturated carbocycles. The van der Waals surface area contributed by atoms with E-state index in [9.17, 15) is 19.7 Å². The van der Waals surface area contributed by atoms with Crippen LogP contribution in [0.5, 0.6) is 0 Å². The number of hydrogen-bond acceptors (Lipinski definition) is 4. The number of hydrogen-bond donors (Lipinski definition) is 0. The third kappa shape index (κ3) is 1.82. The first-order valence-electron chi connectivity index (χ1n) is 8.21. The van der Waals surface area contributed by atoms with Gasteiger partial charge in [0.15, 0.2) is 0 Å². The van der Waals surface area contributed by atoms with Gasteiger partial charge >= 0.3 is 0 Å². The second-order valence-electron chi connectivity index (χ2n) is 7.09. The number of anilines is 1. The highest BCUT2D eigenvalue weighted by Crippen LogP contribution is 2.60. The second-order valence-corrected chi connectivity index (χ2v) is 7.09. The van der Waals surface area contributed by atoms with Crippen LogP contribution in [0.25, 0.3) is 0 Å². The smallest absolute Gasteiger partial charge is 0.271 e. The molecule has 3 aliphatic rings. The predicted molar refractivity (Wildman–Crippen MR) is 87.2 cm³/mol. The number of nitrogens with zero attached hydrogens (tertiary/aromatic N) is 2. The van der Waals surface area contributed by atoms with Crippen molar-refractivity contribution in [2.45, 2.75) is 26.7 Å². The lowest BCUT2D eigenvalue weighted by Gasteiger charge is -2.19. The zero-order valence-electron chi connectivity index (χ0n) is 13.6. The number of carbonyl (C=O) groups is 2. The molecule has 6 nitrogen and oxygen atoms in total. The maximum absolute atomic E-state index is 12.9. The average Bonchev–Trinajstić information content (AvgIpc) is 3.17. The fraction of sp³-hybridized carbons (Fsp3) is 0.444. The summed E-state index contributed by atoms with van der Waals surface area (Å²) in [5.41, 5.74) is 2.72. The van der Waals surface area contributed by atoms with Crippen LogP contribution in [0.3, 0.4) is 0 Å². The number of nitro benzene ring substituents is 1. The molecule has 1 saturated heterocycles. The topological polar surface area (TPSA) is 80.5 Å². The maximum Gasteiger partial charge on any atom is 0.271 e. The Morgan fingerprint density at radius 1 is 1.12 bits per heavy atom. The SMILES string of the molecule is CC(C)=C1[C@@H]2CC[C@@H]1[C@H]1C(=O)N(c3cccc([N+](=O)[O-])c3)C(=O)[C@@H]12. The fourth-order valence-corrected chi connectivity index (χ4v) is 4.99. The summed E-state index contributed by atoms with van der Waals surface area (Å²) in [5, 5.41) is 11.0. The minimum absolute atomic E-state index is 0.113. The molecule has 124 valence electrons. The van der Waals surface area contributed by atoms with E-state index in [0.717, 1.165) is 12.8 Å². The molecule has 1 aromatic carbocycles. The molecule has 2 amide bonds. The Hall–Kier alpha value is -2.50. The van der Waals surface area contributed by atoms with Crippen molar-refractivity contribution in [3.05, 3.63) is 45.5 Å². The van der Waals surface area contributed by atoms with Crippen molar-refractivity contribution in [1.29, 1.82) is 0 Å². The minimum atomic E-state index is -0.514. The molecular weight excluding hydrogens is 308 g/mol. The molecule has 2 aliphatic carbocycles. The van der Waals surface area contributed by atoms with Gasteiger partial charge in [0.25, 0.3) is 5.69 Å². The predicted octanol–water partition coefficient (Wildman–Crippen LogP) is 3.08. The van der Waals surface area contributed by atoms with Gasteiger partial charge in [-0.15, -0.1) is 0 Å². The third-order valence-electron chi connectivity index (χ3n) is 5.73. The second kappa shape index (κ2) is 5.00. The normalized spacial score (nSPS) is 30.9. The highest BCUT2D eigenvalue weighted by atomic mass is 16.6. The van der Waals surface area contributed by atoms with E-state index in [1.165, 1.54) is 34.2 Å². The number of fused-ring (bicyclic) bond motifs is 5. The quantitative estimate of drug-likeness (QED) is 0.362. The standard InChI is InChI=1S/C18H18N2O4/c1-9(2)14-12-6-7-13(14)16-15(12)17(21)19(18(16)22)10-4-3-5-11(8-10)20(23)24/h3-5,8,12-13,15-16H,6-7H2,1-2H3/t12-,13-,15+,16+/m0/s1. The molecule has 0 aromatic heterocycles. The van der Waals surface area contributed by atoms with Crippen LogP contribution in [0.2, 0.25) is 0 Å². The molecule has 3 fully saturated rings. The number of allylic oxidation sites excluding steroid dienone is 2. The van der Waals surface area contributed by atoms with E-state index < -0.39 is 4.92 Å². The van der Waals surface area contributed by atoms with Gasteiger partial charge in [-0.2, -0.15) is 0 Å². The highest BCUT2D eigenvalue weighted by Gasteiger charge is 2.63. The zero-order valence-corrected chi connectivity index (χ0v) is 13.6. The Kier molecular flexibility index (Phi) is 3.13. The first kappa shape index (κ1) is 15.1. The fourth-order valence-electron chi connectivity index (χ4n) is 4.99.